The van der Waals surface area contributed by atoms with E-state index >= 15 is 0 Å². The largest absolute Gasteiger partial charge is 0.416 e. The molecule has 0 radical (unpaired) electrons. The Morgan fingerprint density at radius 2 is 1.68 bits per heavy atom. The Balaban J connectivity index is 1.61. The zero-order valence-corrected chi connectivity index (χ0v) is 21.9. The van der Waals surface area contributed by atoms with Crippen LogP contribution in [0.3, 0.4) is 0 Å². The van der Waals surface area contributed by atoms with Gasteiger partial charge < -0.3 is 15.1 Å². The van der Waals surface area contributed by atoms with Crippen molar-refractivity contribution in [2.75, 3.05) is 33.2 Å². The van der Waals surface area contributed by atoms with Crippen LogP contribution in [0.2, 0.25) is 0 Å². The van der Waals surface area contributed by atoms with Crippen molar-refractivity contribution in [1.29, 1.82) is 0 Å². The number of alkyl halides is 6. The normalized spacial score (nSPS) is 20.8. The molecular weight excluding hydrogens is 545 g/mol. The standard InChI is InChI=1S/C27H29F7N4O2/c1-16-9-20(28)3-4-22(16)23-13-21(37-8-6-35-24(39)15-37)5-7-38(23)25(40)36(2)14-17-10-18(26(29,30)31)12-19(11-17)27(32,33)34/h3-4,9-12,21,23H,5-8,13-15H2,1-2H3,(H,35,39). The van der Waals surface area contributed by atoms with Crippen LogP contribution in [0, 0.1) is 12.7 Å². The van der Waals surface area contributed by atoms with Crippen LogP contribution in [0.1, 0.15) is 46.7 Å². The zero-order valence-electron chi connectivity index (χ0n) is 21.9. The van der Waals surface area contributed by atoms with Gasteiger partial charge in [-0.3, -0.25) is 9.69 Å². The third-order valence-corrected chi connectivity index (χ3v) is 7.39. The van der Waals surface area contributed by atoms with Gasteiger partial charge in [-0.2, -0.15) is 26.3 Å². The number of carbonyl (C=O) groups is 2. The predicted molar refractivity (Wildman–Crippen MR) is 131 cm³/mol. The molecule has 2 fully saturated rings. The van der Waals surface area contributed by atoms with E-state index in [4.69, 9.17) is 0 Å². The maximum absolute atomic E-state index is 13.9. The minimum Gasteiger partial charge on any atom is -0.354 e. The maximum Gasteiger partial charge on any atom is 0.416 e. The van der Waals surface area contributed by atoms with Gasteiger partial charge in [-0.25, -0.2) is 9.18 Å². The van der Waals surface area contributed by atoms with E-state index in [9.17, 15) is 40.3 Å². The Hall–Kier alpha value is -3.35. The molecule has 0 aromatic heterocycles. The maximum atomic E-state index is 13.9. The molecule has 2 aromatic carbocycles. The van der Waals surface area contributed by atoms with Gasteiger partial charge in [0.25, 0.3) is 0 Å². The average Bonchev–Trinajstić information content (AvgIpc) is 2.87. The quantitative estimate of drug-likeness (QED) is 0.501. The summed E-state index contributed by atoms with van der Waals surface area (Å²) in [5.74, 6) is -0.570. The molecule has 2 aromatic rings. The number of hydrogen-bond donors (Lipinski definition) is 1. The van der Waals surface area contributed by atoms with E-state index in [2.05, 4.69) is 5.32 Å². The highest BCUT2D eigenvalue weighted by atomic mass is 19.4. The van der Waals surface area contributed by atoms with Gasteiger partial charge in [0.05, 0.1) is 23.7 Å². The number of aryl methyl sites for hydroxylation is 1. The fourth-order valence-corrected chi connectivity index (χ4v) is 5.46. The average molecular weight is 575 g/mol. The van der Waals surface area contributed by atoms with Crippen molar-refractivity contribution in [3.63, 3.8) is 0 Å². The number of piperazine rings is 1. The Labute approximate surface area is 226 Å². The number of amides is 3. The third-order valence-electron chi connectivity index (χ3n) is 7.39. The summed E-state index contributed by atoms with van der Waals surface area (Å²) in [4.78, 5) is 30.2. The molecule has 2 aliphatic heterocycles. The molecule has 3 amide bonds. The van der Waals surface area contributed by atoms with Gasteiger partial charge in [0.2, 0.25) is 5.91 Å². The minimum absolute atomic E-state index is 0.0459. The molecule has 2 saturated heterocycles. The summed E-state index contributed by atoms with van der Waals surface area (Å²) in [6, 6.07) is 4.24. The van der Waals surface area contributed by atoms with Crippen molar-refractivity contribution in [3.05, 3.63) is 70.0 Å². The van der Waals surface area contributed by atoms with Crippen molar-refractivity contribution in [2.45, 2.75) is 50.7 Å². The molecule has 0 bridgehead atoms. The van der Waals surface area contributed by atoms with Crippen LogP contribution in [0.5, 0.6) is 0 Å². The van der Waals surface area contributed by atoms with Gasteiger partial charge in [0.1, 0.15) is 5.82 Å². The smallest absolute Gasteiger partial charge is 0.354 e. The molecular formula is C27H29F7N4O2. The lowest BCUT2D eigenvalue weighted by molar-refractivity contribution is -0.143. The first kappa shape index (κ1) is 29.6. The van der Waals surface area contributed by atoms with E-state index in [1.54, 1.807) is 13.0 Å². The summed E-state index contributed by atoms with van der Waals surface area (Å²) in [7, 11) is 1.31. The van der Waals surface area contributed by atoms with Crippen molar-refractivity contribution in [1.82, 2.24) is 20.0 Å². The van der Waals surface area contributed by atoms with E-state index in [0.29, 0.717) is 49.2 Å². The van der Waals surface area contributed by atoms with E-state index in [1.807, 2.05) is 4.90 Å². The summed E-state index contributed by atoms with van der Waals surface area (Å²) < 4.78 is 93.9. The second kappa shape index (κ2) is 11.3. The number of piperidine rings is 1. The summed E-state index contributed by atoms with van der Waals surface area (Å²) >= 11 is 0. The van der Waals surface area contributed by atoms with Crippen molar-refractivity contribution < 1.29 is 40.3 Å². The number of hydrogen-bond acceptors (Lipinski definition) is 3. The number of urea groups is 1. The van der Waals surface area contributed by atoms with Gasteiger partial charge in [-0.05, 0) is 66.8 Å². The SMILES string of the molecule is Cc1cc(F)ccc1C1CC(N2CCNC(=O)C2)CCN1C(=O)N(C)Cc1cc(C(F)(F)F)cc(C(F)(F)F)c1. The van der Waals surface area contributed by atoms with E-state index < -0.39 is 47.9 Å². The first-order chi connectivity index (χ1) is 18.6. The highest BCUT2D eigenvalue weighted by molar-refractivity contribution is 5.78. The first-order valence-corrected chi connectivity index (χ1v) is 12.7. The molecule has 2 unspecified atom stereocenters. The molecule has 13 heteroatoms. The van der Waals surface area contributed by atoms with Crippen LogP contribution in [-0.2, 0) is 23.7 Å². The molecule has 0 saturated carbocycles. The Bertz CT molecular complexity index is 1230. The summed E-state index contributed by atoms with van der Waals surface area (Å²) in [6.07, 6.45) is -9.08. The number of nitrogens with one attached hydrogen (secondary N) is 1. The molecule has 2 aliphatic rings. The zero-order chi connectivity index (χ0) is 29.4. The van der Waals surface area contributed by atoms with Gasteiger partial charge in [-0.15, -0.1) is 0 Å². The van der Waals surface area contributed by atoms with Crippen LogP contribution in [0.25, 0.3) is 0 Å². The predicted octanol–water partition coefficient (Wildman–Crippen LogP) is 5.36. The van der Waals surface area contributed by atoms with E-state index in [0.717, 1.165) is 4.90 Å². The number of likely N-dealkylation sites (tertiary alicyclic amines) is 1. The molecule has 0 spiro atoms. The van der Waals surface area contributed by atoms with E-state index in [1.165, 1.54) is 24.1 Å². The van der Waals surface area contributed by atoms with Gasteiger partial charge in [-0.1, -0.05) is 6.07 Å². The molecule has 2 atom stereocenters. The lowest BCUT2D eigenvalue weighted by Gasteiger charge is -2.45. The van der Waals surface area contributed by atoms with Crippen LogP contribution in [0.15, 0.2) is 36.4 Å². The molecule has 1 N–H and O–H groups in total. The highest BCUT2D eigenvalue weighted by Gasteiger charge is 2.39. The number of rotatable bonds is 4. The van der Waals surface area contributed by atoms with Crippen LogP contribution in [-0.4, -0.2) is 65.9 Å². The van der Waals surface area contributed by atoms with Gasteiger partial charge in [0.15, 0.2) is 0 Å². The number of carbonyl (C=O) groups excluding carboxylic acids is 2. The van der Waals surface area contributed by atoms with Crippen LogP contribution < -0.4 is 5.32 Å². The monoisotopic (exact) mass is 574 g/mol. The topological polar surface area (TPSA) is 55.9 Å². The summed E-state index contributed by atoms with van der Waals surface area (Å²) in [5.41, 5.74) is -1.96. The van der Waals surface area contributed by atoms with Crippen LogP contribution in [0.4, 0.5) is 35.5 Å². The van der Waals surface area contributed by atoms with Crippen LogP contribution >= 0.6 is 0 Å². The second-order valence-electron chi connectivity index (χ2n) is 10.3. The Kier molecular flexibility index (Phi) is 8.34. The molecule has 4 rings (SSSR count). The molecule has 40 heavy (non-hydrogen) atoms. The molecule has 2 heterocycles. The molecule has 218 valence electrons. The van der Waals surface area contributed by atoms with Crippen molar-refractivity contribution in [2.24, 2.45) is 0 Å². The summed E-state index contributed by atoms with van der Waals surface area (Å²) in [6.45, 7) is 2.74. The van der Waals surface area contributed by atoms with Gasteiger partial charge >= 0.3 is 18.4 Å². The fourth-order valence-electron chi connectivity index (χ4n) is 5.46. The number of nitrogens with zero attached hydrogens (tertiary/aromatic N) is 3. The van der Waals surface area contributed by atoms with E-state index in [-0.39, 0.29) is 36.7 Å². The Morgan fingerprint density at radius 1 is 1.02 bits per heavy atom. The summed E-state index contributed by atoms with van der Waals surface area (Å²) in [5, 5.41) is 2.77. The lowest BCUT2D eigenvalue weighted by atomic mass is 9.88. The molecule has 6 nitrogen and oxygen atoms in total. The van der Waals surface area contributed by atoms with Crippen molar-refractivity contribution in [3.8, 4) is 0 Å². The lowest BCUT2D eigenvalue weighted by Crippen LogP contribution is -2.56. The fraction of sp³-hybridized carbons (Fsp3) is 0.481. The highest BCUT2D eigenvalue weighted by Crippen LogP contribution is 2.38. The van der Waals surface area contributed by atoms with Crippen molar-refractivity contribution >= 4 is 11.9 Å². The number of halogens is 7. The minimum atomic E-state index is -5.00. The molecule has 0 aliphatic carbocycles. The number of benzene rings is 2. The van der Waals surface area contributed by atoms with Gasteiger partial charge in [0, 0.05) is 39.3 Å². The first-order valence-electron chi connectivity index (χ1n) is 12.7. The third kappa shape index (κ3) is 6.68. The Morgan fingerprint density at radius 3 is 2.25 bits per heavy atom. The second-order valence-corrected chi connectivity index (χ2v) is 10.3.